The van der Waals surface area contributed by atoms with Crippen molar-refractivity contribution in [2.24, 2.45) is 0 Å². The van der Waals surface area contributed by atoms with Crippen LogP contribution in [0.2, 0.25) is 0 Å². The fourth-order valence-corrected chi connectivity index (χ4v) is 3.42. The number of anilines is 1. The molecule has 19 heavy (non-hydrogen) atoms. The van der Waals surface area contributed by atoms with Crippen LogP contribution in [0.4, 0.5) is 5.69 Å². The Morgan fingerprint density at radius 2 is 1.37 bits per heavy atom. The molecule has 0 heterocycles. The molecule has 0 unspecified atom stereocenters. The first-order valence-electron chi connectivity index (χ1n) is 4.65. The van der Waals surface area contributed by atoms with E-state index in [1.165, 1.54) is 24.3 Å². The number of nitrogens with two attached hydrogens (primary N) is 1. The first-order chi connectivity index (χ1) is 7.97. The predicted molar refractivity (Wildman–Crippen MR) is 70.7 cm³/mol. The van der Waals surface area contributed by atoms with Crippen molar-refractivity contribution in [1.82, 2.24) is 0 Å². The van der Waals surface area contributed by atoms with Crippen LogP contribution in [-0.2, 0) is 15.6 Å². The zero-order valence-electron chi connectivity index (χ0n) is 9.04. The first kappa shape index (κ1) is 19.3. The zero-order valence-corrected chi connectivity index (χ0v) is 10.8. The summed E-state index contributed by atoms with van der Waals surface area (Å²) in [7, 11) is -10.9. The predicted octanol–water partition coefficient (Wildman–Crippen LogP) is -0.836. The van der Waals surface area contributed by atoms with E-state index in [9.17, 15) is 14.2 Å². The molecule has 0 spiro atoms. The van der Waals surface area contributed by atoms with Crippen molar-refractivity contribution in [2.45, 2.75) is 11.5 Å². The van der Waals surface area contributed by atoms with Crippen LogP contribution in [0.25, 0.3) is 0 Å². The van der Waals surface area contributed by atoms with Gasteiger partial charge in [-0.25, -0.2) is 0 Å². The van der Waals surface area contributed by atoms with Crippen LogP contribution >= 0.6 is 15.2 Å². The van der Waals surface area contributed by atoms with Crippen LogP contribution in [0.3, 0.4) is 0 Å². The molecule has 0 bridgehead atoms. The molecular weight excluding hydrogens is 307 g/mol. The molecule has 8 nitrogen and oxygen atoms in total. The number of hydrogen-bond acceptors (Lipinski definition) is 4. The number of rotatable bonds is 4. The first-order valence-corrected chi connectivity index (χ1v) is 7.88. The second kappa shape index (κ2) is 6.37. The molecule has 0 aliphatic carbocycles. The van der Waals surface area contributed by atoms with Crippen molar-refractivity contribution in [3.05, 3.63) is 29.8 Å². The molecule has 1 aromatic carbocycles. The molecule has 0 aromatic heterocycles. The quantitative estimate of drug-likeness (QED) is 0.238. The molecule has 11 heteroatoms. The van der Waals surface area contributed by atoms with Gasteiger partial charge in [-0.3, -0.25) is 9.13 Å². The summed E-state index contributed by atoms with van der Waals surface area (Å²) in [6.45, 7) is 0. The SMILES string of the molecule is Nc1ccc(CC(O)(P(=O)(O)O)P(=O)(O)O)cc1.[NaH]. The van der Waals surface area contributed by atoms with Crippen LogP contribution in [0.5, 0.6) is 0 Å². The number of benzene rings is 1. The van der Waals surface area contributed by atoms with Gasteiger partial charge in [-0.05, 0) is 17.7 Å². The van der Waals surface area contributed by atoms with Crippen molar-refractivity contribution in [2.75, 3.05) is 5.73 Å². The Bertz CT molecular complexity index is 500. The Balaban J connectivity index is 0.00000324. The summed E-state index contributed by atoms with van der Waals surface area (Å²) in [5.74, 6) is 0. The maximum atomic E-state index is 11.1. The molecule has 0 fully saturated rings. The summed E-state index contributed by atoms with van der Waals surface area (Å²) in [4.78, 5) is 35.7. The van der Waals surface area contributed by atoms with E-state index in [1.807, 2.05) is 0 Å². The molecule has 1 rings (SSSR count). The van der Waals surface area contributed by atoms with Gasteiger partial charge in [0.25, 0.3) is 5.08 Å². The van der Waals surface area contributed by atoms with Gasteiger partial charge in [-0.2, -0.15) is 0 Å². The summed E-state index contributed by atoms with van der Waals surface area (Å²) >= 11 is 0. The van der Waals surface area contributed by atoms with Gasteiger partial charge in [0.15, 0.2) is 0 Å². The normalized spacial score (nSPS) is 12.9. The second-order valence-electron chi connectivity index (χ2n) is 3.78. The van der Waals surface area contributed by atoms with Gasteiger partial charge in [0.2, 0.25) is 0 Å². The molecule has 1 aromatic rings. The molecule has 0 saturated heterocycles. The Kier molecular flexibility index (Phi) is 6.46. The molecular formula is C8H14NNaO7P2. The van der Waals surface area contributed by atoms with E-state index >= 15 is 0 Å². The van der Waals surface area contributed by atoms with E-state index in [-0.39, 0.29) is 35.1 Å². The van der Waals surface area contributed by atoms with Crippen molar-refractivity contribution in [3.8, 4) is 0 Å². The average molecular weight is 321 g/mol. The summed E-state index contributed by atoms with van der Waals surface area (Å²) in [5.41, 5.74) is 5.90. The van der Waals surface area contributed by atoms with Crippen molar-refractivity contribution >= 4 is 50.4 Å². The molecule has 0 aliphatic rings. The summed E-state index contributed by atoms with van der Waals surface area (Å²) < 4.78 is 22.2. The van der Waals surface area contributed by atoms with Gasteiger partial charge in [0.05, 0.1) is 0 Å². The minimum atomic E-state index is -5.43. The molecule has 0 saturated carbocycles. The van der Waals surface area contributed by atoms with Crippen LogP contribution < -0.4 is 5.73 Å². The van der Waals surface area contributed by atoms with Gasteiger partial charge >= 0.3 is 44.7 Å². The Labute approximate surface area is 131 Å². The van der Waals surface area contributed by atoms with Gasteiger partial charge in [-0.15, -0.1) is 0 Å². The molecule has 104 valence electrons. The van der Waals surface area contributed by atoms with E-state index < -0.39 is 26.7 Å². The molecule has 0 amide bonds. The van der Waals surface area contributed by atoms with Gasteiger partial charge < -0.3 is 30.4 Å². The topological polar surface area (TPSA) is 161 Å². The maximum absolute atomic E-state index is 11.1. The summed E-state index contributed by atoms with van der Waals surface area (Å²) in [6.07, 6.45) is -0.887. The van der Waals surface area contributed by atoms with E-state index in [4.69, 9.17) is 25.3 Å². The van der Waals surface area contributed by atoms with Gasteiger partial charge in [-0.1, -0.05) is 12.1 Å². The van der Waals surface area contributed by atoms with Crippen LogP contribution in [0.1, 0.15) is 5.56 Å². The van der Waals surface area contributed by atoms with Crippen LogP contribution in [-0.4, -0.2) is 59.3 Å². The fourth-order valence-electron chi connectivity index (χ4n) is 1.29. The number of aliphatic hydroxyl groups is 1. The number of nitrogen functional groups attached to an aromatic ring is 1. The molecule has 0 radical (unpaired) electrons. The van der Waals surface area contributed by atoms with E-state index in [0.29, 0.717) is 5.69 Å². The monoisotopic (exact) mass is 321 g/mol. The van der Waals surface area contributed by atoms with Crippen molar-refractivity contribution in [3.63, 3.8) is 0 Å². The second-order valence-corrected chi connectivity index (χ2v) is 7.79. The van der Waals surface area contributed by atoms with Crippen molar-refractivity contribution in [1.29, 1.82) is 0 Å². The Hall–Kier alpha value is 0.280. The van der Waals surface area contributed by atoms with Gasteiger partial charge in [0, 0.05) is 12.1 Å². The third-order valence-electron chi connectivity index (χ3n) is 2.35. The molecule has 0 aliphatic heterocycles. The summed E-state index contributed by atoms with van der Waals surface area (Å²) in [5, 5.41) is 6.22. The molecule has 0 atom stereocenters. The average Bonchev–Trinajstić information content (AvgIpc) is 2.18. The van der Waals surface area contributed by atoms with Gasteiger partial charge in [0.1, 0.15) is 0 Å². The Morgan fingerprint density at radius 3 is 1.68 bits per heavy atom. The third kappa shape index (κ3) is 4.37. The van der Waals surface area contributed by atoms with Crippen LogP contribution in [0.15, 0.2) is 24.3 Å². The third-order valence-corrected chi connectivity index (χ3v) is 6.10. The zero-order chi connectivity index (χ0) is 14.2. The van der Waals surface area contributed by atoms with E-state index in [1.54, 1.807) is 0 Å². The van der Waals surface area contributed by atoms with Crippen LogP contribution in [0, 0.1) is 0 Å². The number of hydrogen-bond donors (Lipinski definition) is 6. The van der Waals surface area contributed by atoms with E-state index in [2.05, 4.69) is 0 Å². The summed E-state index contributed by atoms with van der Waals surface area (Å²) in [6, 6.07) is 5.39. The van der Waals surface area contributed by atoms with Crippen molar-refractivity contribution < 1.29 is 33.8 Å². The van der Waals surface area contributed by atoms with E-state index in [0.717, 1.165) is 0 Å². The molecule has 7 N–H and O–H groups in total. The fraction of sp³-hybridized carbons (Fsp3) is 0.250. The standard InChI is InChI=1S/C8H13NO7P2.Na.H/c9-7-3-1-6(2-4-7)5-8(10,17(11,12)13)18(14,15)16;;/h1-4,10H,5,9H2,(H2,11,12,13)(H2,14,15,16);;. The Morgan fingerprint density at radius 1 is 1.00 bits per heavy atom. The minimum absolute atomic E-state index is 0.